The Labute approximate surface area is 125 Å². The Morgan fingerprint density at radius 1 is 0.850 bits per heavy atom. The molecule has 0 aromatic rings. The van der Waals surface area contributed by atoms with E-state index in [2.05, 4.69) is 13.8 Å². The highest BCUT2D eigenvalue weighted by Crippen LogP contribution is 2.36. The molecule has 0 aromatic carbocycles. The Morgan fingerprint density at radius 2 is 1.65 bits per heavy atom. The van der Waals surface area contributed by atoms with Gasteiger partial charge in [-0.1, -0.05) is 46.0 Å². The van der Waals surface area contributed by atoms with Crippen molar-refractivity contribution in [3.8, 4) is 0 Å². The maximum Gasteiger partial charge on any atom is 0.160 e. The molecule has 2 nitrogen and oxygen atoms in total. The standard InChI is InChI=1S/C18H34O2/c1-3-5-6-8-15-9-11-16(12-10-15)18-19-14-13-17(20-18)7-4-2/h15-18H,3-14H2,1-2H3. The van der Waals surface area contributed by atoms with Crippen LogP contribution in [-0.4, -0.2) is 19.0 Å². The van der Waals surface area contributed by atoms with E-state index in [0.717, 1.165) is 18.9 Å². The Balaban J connectivity index is 1.67. The van der Waals surface area contributed by atoms with Crippen molar-refractivity contribution in [1.29, 1.82) is 0 Å². The van der Waals surface area contributed by atoms with Crippen molar-refractivity contribution in [2.24, 2.45) is 11.8 Å². The Bertz CT molecular complexity index is 244. The molecule has 2 aliphatic rings. The van der Waals surface area contributed by atoms with Crippen molar-refractivity contribution in [2.45, 2.75) is 96.9 Å². The van der Waals surface area contributed by atoms with Crippen molar-refractivity contribution in [3.63, 3.8) is 0 Å². The Kier molecular flexibility index (Phi) is 7.37. The summed E-state index contributed by atoms with van der Waals surface area (Å²) in [5.74, 6) is 1.64. The summed E-state index contributed by atoms with van der Waals surface area (Å²) in [5.41, 5.74) is 0. The molecule has 0 bridgehead atoms. The van der Waals surface area contributed by atoms with E-state index in [-0.39, 0.29) is 6.29 Å². The molecule has 0 amide bonds. The molecule has 1 aliphatic heterocycles. The molecule has 0 N–H and O–H groups in total. The summed E-state index contributed by atoms with van der Waals surface area (Å²) < 4.78 is 12.1. The van der Waals surface area contributed by atoms with Crippen LogP contribution in [0.1, 0.15) is 84.5 Å². The van der Waals surface area contributed by atoms with E-state index < -0.39 is 0 Å². The van der Waals surface area contributed by atoms with E-state index in [4.69, 9.17) is 9.47 Å². The molecule has 2 atom stereocenters. The minimum atomic E-state index is 0.108. The fourth-order valence-corrected chi connectivity index (χ4v) is 3.83. The number of ether oxygens (including phenoxy) is 2. The average molecular weight is 282 g/mol. The highest BCUT2D eigenvalue weighted by atomic mass is 16.7. The molecule has 2 fully saturated rings. The van der Waals surface area contributed by atoms with Crippen LogP contribution in [0.5, 0.6) is 0 Å². The van der Waals surface area contributed by atoms with Crippen LogP contribution in [0.15, 0.2) is 0 Å². The van der Waals surface area contributed by atoms with E-state index in [1.54, 1.807) is 0 Å². The molecule has 20 heavy (non-hydrogen) atoms. The summed E-state index contributed by atoms with van der Waals surface area (Å²) in [4.78, 5) is 0. The largest absolute Gasteiger partial charge is 0.352 e. The van der Waals surface area contributed by atoms with Crippen molar-refractivity contribution in [1.82, 2.24) is 0 Å². The lowest BCUT2D eigenvalue weighted by Gasteiger charge is -2.38. The summed E-state index contributed by atoms with van der Waals surface area (Å²) in [6, 6.07) is 0. The third-order valence-corrected chi connectivity index (χ3v) is 5.15. The summed E-state index contributed by atoms with van der Waals surface area (Å²) in [7, 11) is 0. The van der Waals surface area contributed by atoms with E-state index in [9.17, 15) is 0 Å². The van der Waals surface area contributed by atoms with Gasteiger partial charge in [0.05, 0.1) is 12.7 Å². The van der Waals surface area contributed by atoms with Crippen molar-refractivity contribution < 1.29 is 9.47 Å². The molecule has 1 saturated heterocycles. The fraction of sp³-hybridized carbons (Fsp3) is 1.00. The van der Waals surface area contributed by atoms with Gasteiger partial charge in [-0.2, -0.15) is 0 Å². The second kappa shape index (κ2) is 9.04. The first kappa shape index (κ1) is 16.3. The van der Waals surface area contributed by atoms with Crippen LogP contribution in [0.3, 0.4) is 0 Å². The van der Waals surface area contributed by atoms with Crippen LogP contribution in [0.4, 0.5) is 0 Å². The fourth-order valence-electron chi connectivity index (χ4n) is 3.83. The molecule has 118 valence electrons. The molecule has 1 aliphatic carbocycles. The molecule has 0 aromatic heterocycles. The molecule has 2 unspecified atom stereocenters. The van der Waals surface area contributed by atoms with E-state index >= 15 is 0 Å². The number of rotatable bonds is 7. The summed E-state index contributed by atoms with van der Waals surface area (Å²) in [6.07, 6.45) is 15.2. The van der Waals surface area contributed by atoms with E-state index in [1.165, 1.54) is 64.2 Å². The first-order chi connectivity index (χ1) is 9.83. The second-order valence-corrected chi connectivity index (χ2v) is 6.85. The number of unbranched alkanes of at least 4 members (excludes halogenated alkanes) is 2. The van der Waals surface area contributed by atoms with Gasteiger partial charge in [0.2, 0.25) is 0 Å². The predicted molar refractivity (Wildman–Crippen MR) is 83.7 cm³/mol. The lowest BCUT2D eigenvalue weighted by molar-refractivity contribution is -0.241. The van der Waals surface area contributed by atoms with Gasteiger partial charge in [0.1, 0.15) is 0 Å². The van der Waals surface area contributed by atoms with Gasteiger partial charge in [-0.05, 0) is 44.4 Å². The summed E-state index contributed by atoms with van der Waals surface area (Å²) in [5, 5.41) is 0. The first-order valence-corrected chi connectivity index (χ1v) is 9.10. The second-order valence-electron chi connectivity index (χ2n) is 6.85. The van der Waals surface area contributed by atoms with Crippen LogP contribution < -0.4 is 0 Å². The van der Waals surface area contributed by atoms with E-state index in [0.29, 0.717) is 12.0 Å². The third kappa shape index (κ3) is 5.04. The van der Waals surface area contributed by atoms with Gasteiger partial charge < -0.3 is 9.47 Å². The maximum absolute atomic E-state index is 6.18. The molecule has 0 radical (unpaired) electrons. The molecule has 1 heterocycles. The summed E-state index contributed by atoms with van der Waals surface area (Å²) >= 11 is 0. The molecule has 0 spiro atoms. The van der Waals surface area contributed by atoms with Crippen LogP contribution in [-0.2, 0) is 9.47 Å². The Hall–Kier alpha value is -0.0800. The van der Waals surface area contributed by atoms with Gasteiger partial charge in [0.15, 0.2) is 6.29 Å². The zero-order valence-electron chi connectivity index (χ0n) is 13.6. The van der Waals surface area contributed by atoms with Crippen LogP contribution in [0.25, 0.3) is 0 Å². The van der Waals surface area contributed by atoms with Gasteiger partial charge in [0.25, 0.3) is 0 Å². The normalized spacial score (nSPS) is 35.1. The van der Waals surface area contributed by atoms with E-state index in [1.807, 2.05) is 0 Å². The maximum atomic E-state index is 6.18. The Morgan fingerprint density at radius 3 is 2.35 bits per heavy atom. The number of hydrogen-bond acceptors (Lipinski definition) is 2. The topological polar surface area (TPSA) is 18.5 Å². The predicted octanol–water partition coefficient (Wildman–Crippen LogP) is 5.30. The van der Waals surface area contributed by atoms with Crippen molar-refractivity contribution in [2.75, 3.05) is 6.61 Å². The number of hydrogen-bond donors (Lipinski definition) is 0. The monoisotopic (exact) mass is 282 g/mol. The van der Waals surface area contributed by atoms with Crippen molar-refractivity contribution in [3.05, 3.63) is 0 Å². The molecule has 2 rings (SSSR count). The zero-order chi connectivity index (χ0) is 14.2. The smallest absolute Gasteiger partial charge is 0.160 e. The quantitative estimate of drug-likeness (QED) is 0.589. The van der Waals surface area contributed by atoms with Gasteiger partial charge in [-0.25, -0.2) is 0 Å². The SMILES string of the molecule is CCCCCC1CCC(C2OCCC(CCC)O2)CC1. The van der Waals surface area contributed by atoms with Crippen molar-refractivity contribution >= 4 is 0 Å². The van der Waals surface area contributed by atoms with Gasteiger partial charge in [-0.3, -0.25) is 0 Å². The molecular formula is C18H34O2. The van der Waals surface area contributed by atoms with Crippen LogP contribution in [0, 0.1) is 11.8 Å². The highest BCUT2D eigenvalue weighted by molar-refractivity contribution is 4.77. The highest BCUT2D eigenvalue weighted by Gasteiger charge is 2.32. The first-order valence-electron chi connectivity index (χ1n) is 9.10. The minimum Gasteiger partial charge on any atom is -0.352 e. The van der Waals surface area contributed by atoms with Gasteiger partial charge in [-0.15, -0.1) is 0 Å². The molecule has 2 heteroatoms. The minimum absolute atomic E-state index is 0.108. The lowest BCUT2D eigenvalue weighted by atomic mass is 9.79. The van der Waals surface area contributed by atoms with Gasteiger partial charge in [0, 0.05) is 5.92 Å². The average Bonchev–Trinajstić information content (AvgIpc) is 2.49. The molecular weight excluding hydrogens is 248 g/mol. The lowest BCUT2D eigenvalue weighted by Crippen LogP contribution is -2.38. The zero-order valence-corrected chi connectivity index (χ0v) is 13.6. The van der Waals surface area contributed by atoms with Crippen LogP contribution >= 0.6 is 0 Å². The third-order valence-electron chi connectivity index (χ3n) is 5.15. The molecule has 1 saturated carbocycles. The van der Waals surface area contributed by atoms with Crippen LogP contribution in [0.2, 0.25) is 0 Å². The van der Waals surface area contributed by atoms with Gasteiger partial charge >= 0.3 is 0 Å². The summed E-state index contributed by atoms with van der Waals surface area (Å²) in [6.45, 7) is 5.45.